The first kappa shape index (κ1) is 13.1. The number of nitrogens with two attached hydrogens (primary N) is 1. The number of carbonyl (C=O) groups excluding carboxylic acids is 1. The fraction of sp³-hybridized carbons (Fsp3) is 0.188. The number of hydrogen-bond donors (Lipinski definition) is 2. The first-order valence-electron chi connectivity index (χ1n) is 6.27. The number of nitrogen functional groups attached to an aromatic ring is 1. The minimum Gasteiger partial charge on any atom is -0.398 e. The predicted molar refractivity (Wildman–Crippen MR) is 77.9 cm³/mol. The smallest absolute Gasteiger partial charge is 0.253 e. The highest BCUT2D eigenvalue weighted by molar-refractivity contribution is 6.00. The van der Waals surface area contributed by atoms with E-state index in [-0.39, 0.29) is 5.91 Å². The van der Waals surface area contributed by atoms with Crippen molar-refractivity contribution in [3.63, 3.8) is 0 Å². The normalized spacial score (nSPS) is 10.2. The van der Waals surface area contributed by atoms with Crippen LogP contribution in [0.4, 0.5) is 5.69 Å². The average Bonchev–Trinajstić information content (AvgIpc) is 2.36. The summed E-state index contributed by atoms with van der Waals surface area (Å²) in [5, 5.41) is 2.91. The summed E-state index contributed by atoms with van der Waals surface area (Å²) in [6.07, 6.45) is 0. The van der Waals surface area contributed by atoms with Crippen molar-refractivity contribution in [2.75, 3.05) is 5.73 Å². The maximum absolute atomic E-state index is 12.2. The zero-order valence-corrected chi connectivity index (χ0v) is 11.2. The van der Waals surface area contributed by atoms with Gasteiger partial charge in [0.15, 0.2) is 0 Å². The maximum Gasteiger partial charge on any atom is 0.253 e. The molecule has 3 heteroatoms. The van der Waals surface area contributed by atoms with E-state index in [1.165, 1.54) is 5.56 Å². The first-order chi connectivity index (χ1) is 9.08. The second-order valence-corrected chi connectivity index (χ2v) is 4.71. The van der Waals surface area contributed by atoms with Crippen molar-refractivity contribution < 1.29 is 4.79 Å². The molecule has 0 fully saturated rings. The number of carbonyl (C=O) groups is 1. The number of amides is 1. The van der Waals surface area contributed by atoms with E-state index in [4.69, 9.17) is 5.73 Å². The lowest BCUT2D eigenvalue weighted by Crippen LogP contribution is -2.24. The molecule has 1 amide bonds. The van der Waals surface area contributed by atoms with Gasteiger partial charge in [-0.1, -0.05) is 42.0 Å². The summed E-state index contributed by atoms with van der Waals surface area (Å²) in [6.45, 7) is 4.43. The van der Waals surface area contributed by atoms with Gasteiger partial charge in [0.25, 0.3) is 5.91 Å². The van der Waals surface area contributed by atoms with Crippen molar-refractivity contribution in [3.05, 3.63) is 64.7 Å². The summed E-state index contributed by atoms with van der Waals surface area (Å²) < 4.78 is 0. The first-order valence-corrected chi connectivity index (χ1v) is 6.27. The van der Waals surface area contributed by atoms with Gasteiger partial charge in [0, 0.05) is 12.2 Å². The van der Waals surface area contributed by atoms with E-state index in [1.807, 2.05) is 44.2 Å². The molecule has 0 unspecified atom stereocenters. The number of aryl methyl sites for hydroxylation is 2. The molecule has 19 heavy (non-hydrogen) atoms. The second-order valence-electron chi connectivity index (χ2n) is 4.71. The van der Waals surface area contributed by atoms with E-state index >= 15 is 0 Å². The Labute approximate surface area is 113 Å². The third-order valence-electron chi connectivity index (χ3n) is 3.07. The molecule has 98 valence electrons. The van der Waals surface area contributed by atoms with Gasteiger partial charge in [0.2, 0.25) is 0 Å². The molecule has 0 aromatic heterocycles. The summed E-state index contributed by atoms with van der Waals surface area (Å²) in [4.78, 5) is 12.2. The average molecular weight is 254 g/mol. The van der Waals surface area contributed by atoms with Gasteiger partial charge < -0.3 is 11.1 Å². The molecule has 0 aliphatic rings. The Bertz CT molecular complexity index is 585. The zero-order valence-electron chi connectivity index (χ0n) is 11.2. The van der Waals surface area contributed by atoms with Crippen LogP contribution in [0.5, 0.6) is 0 Å². The van der Waals surface area contributed by atoms with Crippen LogP contribution in [0, 0.1) is 13.8 Å². The van der Waals surface area contributed by atoms with Crippen LogP contribution >= 0.6 is 0 Å². The van der Waals surface area contributed by atoms with E-state index in [2.05, 4.69) is 11.4 Å². The lowest BCUT2D eigenvalue weighted by atomic mass is 10.1. The molecule has 0 saturated carbocycles. The van der Waals surface area contributed by atoms with Crippen molar-refractivity contribution in [1.29, 1.82) is 0 Å². The van der Waals surface area contributed by atoms with Gasteiger partial charge in [-0.25, -0.2) is 0 Å². The van der Waals surface area contributed by atoms with Crippen LogP contribution in [0.3, 0.4) is 0 Å². The van der Waals surface area contributed by atoms with Crippen molar-refractivity contribution in [2.45, 2.75) is 20.4 Å². The molecule has 2 aromatic carbocycles. The van der Waals surface area contributed by atoms with E-state index in [1.54, 1.807) is 6.07 Å². The Morgan fingerprint density at radius 3 is 2.58 bits per heavy atom. The quantitative estimate of drug-likeness (QED) is 0.827. The highest BCUT2D eigenvalue weighted by atomic mass is 16.1. The van der Waals surface area contributed by atoms with Crippen LogP contribution < -0.4 is 11.1 Å². The Kier molecular flexibility index (Phi) is 3.85. The van der Waals surface area contributed by atoms with Crippen LogP contribution in [0.1, 0.15) is 27.0 Å². The van der Waals surface area contributed by atoms with E-state index < -0.39 is 0 Å². The number of nitrogens with one attached hydrogen (secondary N) is 1. The van der Waals surface area contributed by atoms with E-state index in [0.717, 1.165) is 11.1 Å². The van der Waals surface area contributed by atoms with Gasteiger partial charge in [-0.15, -0.1) is 0 Å². The molecule has 0 aliphatic heterocycles. The fourth-order valence-electron chi connectivity index (χ4n) is 2.09. The molecule has 0 aliphatic carbocycles. The number of rotatable bonds is 3. The highest BCUT2D eigenvalue weighted by Gasteiger charge is 2.11. The molecule has 0 spiro atoms. The molecule has 2 aromatic rings. The minimum atomic E-state index is -0.128. The van der Waals surface area contributed by atoms with Crippen molar-refractivity contribution >= 4 is 11.6 Å². The van der Waals surface area contributed by atoms with Crippen molar-refractivity contribution in [1.82, 2.24) is 5.32 Å². The number of benzene rings is 2. The summed E-state index contributed by atoms with van der Waals surface area (Å²) in [6, 6.07) is 13.5. The van der Waals surface area contributed by atoms with Crippen molar-refractivity contribution in [3.8, 4) is 0 Å². The molecule has 0 atom stereocenters. The maximum atomic E-state index is 12.2. The van der Waals surface area contributed by atoms with Crippen LogP contribution in [0.25, 0.3) is 0 Å². The molecule has 0 saturated heterocycles. The molecule has 0 heterocycles. The van der Waals surface area contributed by atoms with Crippen LogP contribution in [-0.2, 0) is 6.54 Å². The Morgan fingerprint density at radius 2 is 1.89 bits per heavy atom. The lowest BCUT2D eigenvalue weighted by Gasteiger charge is -2.10. The Balaban J connectivity index is 2.10. The van der Waals surface area contributed by atoms with Gasteiger partial charge in [-0.05, 0) is 31.0 Å². The summed E-state index contributed by atoms with van der Waals surface area (Å²) in [5.41, 5.74) is 10.1. The second kappa shape index (κ2) is 5.57. The van der Waals surface area contributed by atoms with Gasteiger partial charge in [-0.2, -0.15) is 0 Å². The molecule has 3 nitrogen and oxygen atoms in total. The van der Waals surface area contributed by atoms with Crippen LogP contribution in [0.2, 0.25) is 0 Å². The van der Waals surface area contributed by atoms with Crippen molar-refractivity contribution in [2.24, 2.45) is 0 Å². The van der Waals surface area contributed by atoms with E-state index in [0.29, 0.717) is 17.8 Å². The summed E-state index contributed by atoms with van der Waals surface area (Å²) in [5.74, 6) is -0.128. The monoisotopic (exact) mass is 254 g/mol. The standard InChI is InChI=1S/C16H18N2O/c1-11-5-3-7-13(9-11)10-18-16(19)15-12(2)6-4-8-14(15)17/h3-9H,10,17H2,1-2H3,(H,18,19). The molecule has 3 N–H and O–H groups in total. The fourth-order valence-corrected chi connectivity index (χ4v) is 2.09. The topological polar surface area (TPSA) is 55.1 Å². The molecule has 0 bridgehead atoms. The van der Waals surface area contributed by atoms with E-state index in [9.17, 15) is 4.79 Å². The van der Waals surface area contributed by atoms with Gasteiger partial charge in [0.05, 0.1) is 5.56 Å². The zero-order chi connectivity index (χ0) is 13.8. The lowest BCUT2D eigenvalue weighted by molar-refractivity contribution is 0.0951. The van der Waals surface area contributed by atoms with Gasteiger partial charge >= 0.3 is 0 Å². The minimum absolute atomic E-state index is 0.128. The van der Waals surface area contributed by atoms with Gasteiger partial charge in [0.1, 0.15) is 0 Å². The summed E-state index contributed by atoms with van der Waals surface area (Å²) >= 11 is 0. The highest BCUT2D eigenvalue weighted by Crippen LogP contribution is 2.16. The predicted octanol–water partition coefficient (Wildman–Crippen LogP) is 2.82. The largest absolute Gasteiger partial charge is 0.398 e. The number of anilines is 1. The summed E-state index contributed by atoms with van der Waals surface area (Å²) in [7, 11) is 0. The molecular formula is C16H18N2O. The van der Waals surface area contributed by atoms with Crippen LogP contribution in [-0.4, -0.2) is 5.91 Å². The Hall–Kier alpha value is -2.29. The molecular weight excluding hydrogens is 236 g/mol. The van der Waals surface area contributed by atoms with Gasteiger partial charge in [-0.3, -0.25) is 4.79 Å². The molecule has 2 rings (SSSR count). The third-order valence-corrected chi connectivity index (χ3v) is 3.07. The SMILES string of the molecule is Cc1cccc(CNC(=O)c2c(C)cccc2N)c1. The number of hydrogen-bond acceptors (Lipinski definition) is 2. The molecule has 0 radical (unpaired) electrons. The Morgan fingerprint density at radius 1 is 1.16 bits per heavy atom. The van der Waals surface area contributed by atoms with Crippen LogP contribution in [0.15, 0.2) is 42.5 Å². The third kappa shape index (κ3) is 3.13.